The number of fused-ring (bicyclic) bond motifs is 1. The predicted molar refractivity (Wildman–Crippen MR) is 102 cm³/mol. The Kier molecular flexibility index (Phi) is 5.12. The number of carbonyl (C=O) groups excluding carboxylic acids is 1. The molecule has 136 valence electrons. The molecule has 0 aromatic heterocycles. The normalized spacial score (nSPS) is 11.3. The molecule has 0 heterocycles. The summed E-state index contributed by atoms with van der Waals surface area (Å²) in [6.07, 6.45) is 0. The summed E-state index contributed by atoms with van der Waals surface area (Å²) in [7, 11) is 2.65. The SMILES string of the molecule is COC(=O)C(=Nc1ccc([N+](=O)[O-])cc1OC)c1ccc2ccccc2c1. The number of rotatable bonds is 5. The van der Waals surface area contributed by atoms with E-state index in [1.165, 1.54) is 32.4 Å². The Balaban J connectivity index is 2.14. The van der Waals surface area contributed by atoms with Gasteiger partial charge in [-0.25, -0.2) is 9.79 Å². The lowest BCUT2D eigenvalue weighted by atomic mass is 10.0. The second-order valence-electron chi connectivity index (χ2n) is 5.63. The number of hydrogen-bond donors (Lipinski definition) is 0. The second kappa shape index (κ2) is 7.65. The van der Waals surface area contributed by atoms with Gasteiger partial charge in [0, 0.05) is 11.6 Å². The third-order valence-electron chi connectivity index (χ3n) is 4.01. The molecule has 0 amide bonds. The number of benzene rings is 3. The fourth-order valence-corrected chi connectivity index (χ4v) is 2.65. The van der Waals surface area contributed by atoms with Gasteiger partial charge in [0.15, 0.2) is 11.5 Å². The van der Waals surface area contributed by atoms with Crippen molar-refractivity contribution in [2.45, 2.75) is 0 Å². The fourth-order valence-electron chi connectivity index (χ4n) is 2.65. The van der Waals surface area contributed by atoms with Crippen molar-refractivity contribution in [2.24, 2.45) is 4.99 Å². The Morgan fingerprint density at radius 3 is 2.41 bits per heavy atom. The van der Waals surface area contributed by atoms with Gasteiger partial charge in [0.1, 0.15) is 5.69 Å². The Morgan fingerprint density at radius 2 is 1.74 bits per heavy atom. The molecule has 7 heteroatoms. The molecule has 0 radical (unpaired) electrons. The summed E-state index contributed by atoms with van der Waals surface area (Å²) in [5, 5.41) is 12.9. The van der Waals surface area contributed by atoms with Crippen molar-refractivity contribution in [3.8, 4) is 5.75 Å². The van der Waals surface area contributed by atoms with E-state index < -0.39 is 10.9 Å². The van der Waals surface area contributed by atoms with Gasteiger partial charge in [-0.15, -0.1) is 0 Å². The Hall–Kier alpha value is -3.74. The molecule has 0 spiro atoms. The van der Waals surface area contributed by atoms with Crippen molar-refractivity contribution in [1.29, 1.82) is 0 Å². The summed E-state index contributed by atoms with van der Waals surface area (Å²) in [6, 6.07) is 17.2. The summed E-state index contributed by atoms with van der Waals surface area (Å²) >= 11 is 0. The molecule has 0 unspecified atom stereocenters. The van der Waals surface area contributed by atoms with E-state index in [-0.39, 0.29) is 22.8 Å². The maximum atomic E-state index is 12.3. The Labute approximate surface area is 155 Å². The number of nitro benzene ring substituents is 1. The molecule has 0 fully saturated rings. The van der Waals surface area contributed by atoms with Crippen molar-refractivity contribution < 1.29 is 19.2 Å². The largest absolute Gasteiger partial charge is 0.494 e. The zero-order valence-electron chi connectivity index (χ0n) is 14.7. The van der Waals surface area contributed by atoms with Crippen LogP contribution in [0.3, 0.4) is 0 Å². The van der Waals surface area contributed by atoms with E-state index in [2.05, 4.69) is 4.99 Å². The van der Waals surface area contributed by atoms with E-state index >= 15 is 0 Å². The first-order valence-electron chi connectivity index (χ1n) is 8.02. The molecule has 27 heavy (non-hydrogen) atoms. The van der Waals surface area contributed by atoms with Gasteiger partial charge < -0.3 is 9.47 Å². The van der Waals surface area contributed by atoms with Gasteiger partial charge in [0.05, 0.1) is 25.2 Å². The van der Waals surface area contributed by atoms with Gasteiger partial charge in [-0.3, -0.25) is 10.1 Å². The standard InChI is InChI=1S/C20H16N2O5/c1-26-18-12-16(22(24)25)9-10-17(18)21-19(20(23)27-2)15-8-7-13-5-3-4-6-14(13)11-15/h3-12H,1-2H3. The Bertz CT molecular complexity index is 1060. The predicted octanol–water partition coefficient (Wildman–Crippen LogP) is 4.05. The zero-order chi connectivity index (χ0) is 19.4. The summed E-state index contributed by atoms with van der Waals surface area (Å²) in [5.74, 6) is -0.433. The van der Waals surface area contributed by atoms with Crippen molar-refractivity contribution in [2.75, 3.05) is 14.2 Å². The van der Waals surface area contributed by atoms with Crippen LogP contribution in [0.2, 0.25) is 0 Å². The lowest BCUT2D eigenvalue weighted by Crippen LogP contribution is -2.17. The number of non-ortho nitro benzene ring substituents is 1. The summed E-state index contributed by atoms with van der Waals surface area (Å²) in [5.41, 5.74) is 0.809. The highest BCUT2D eigenvalue weighted by atomic mass is 16.6. The fraction of sp³-hybridized carbons (Fsp3) is 0.100. The first kappa shape index (κ1) is 18.1. The van der Waals surface area contributed by atoms with E-state index in [0.717, 1.165) is 10.8 Å². The molecule has 7 nitrogen and oxygen atoms in total. The van der Waals surface area contributed by atoms with Crippen LogP contribution in [0.5, 0.6) is 5.75 Å². The van der Waals surface area contributed by atoms with Crippen LogP contribution in [0, 0.1) is 10.1 Å². The lowest BCUT2D eigenvalue weighted by molar-refractivity contribution is -0.384. The average Bonchev–Trinajstić information content (AvgIpc) is 2.70. The topological polar surface area (TPSA) is 91.0 Å². The average molecular weight is 364 g/mol. The number of esters is 1. The summed E-state index contributed by atoms with van der Waals surface area (Å²) < 4.78 is 10.1. The van der Waals surface area contributed by atoms with Crippen LogP contribution in [-0.4, -0.2) is 30.8 Å². The van der Waals surface area contributed by atoms with Gasteiger partial charge in [0.2, 0.25) is 0 Å². The maximum Gasteiger partial charge on any atom is 0.357 e. The van der Waals surface area contributed by atoms with E-state index in [0.29, 0.717) is 5.56 Å². The van der Waals surface area contributed by atoms with E-state index in [9.17, 15) is 14.9 Å². The number of nitrogens with zero attached hydrogens (tertiary/aromatic N) is 2. The van der Waals surface area contributed by atoms with E-state index in [4.69, 9.17) is 9.47 Å². The van der Waals surface area contributed by atoms with Crippen molar-refractivity contribution in [1.82, 2.24) is 0 Å². The van der Waals surface area contributed by atoms with Crippen LogP contribution in [0.1, 0.15) is 5.56 Å². The molecule has 3 aromatic carbocycles. The van der Waals surface area contributed by atoms with E-state index in [1.807, 2.05) is 36.4 Å². The van der Waals surface area contributed by atoms with Crippen molar-refractivity contribution in [3.05, 3.63) is 76.3 Å². The molecular weight excluding hydrogens is 348 g/mol. The van der Waals surface area contributed by atoms with Crippen LogP contribution in [0.4, 0.5) is 11.4 Å². The minimum Gasteiger partial charge on any atom is -0.494 e. The molecule has 0 aliphatic carbocycles. The van der Waals surface area contributed by atoms with E-state index in [1.54, 1.807) is 6.07 Å². The first-order valence-corrected chi connectivity index (χ1v) is 8.02. The molecule has 0 N–H and O–H groups in total. The molecular formula is C20H16N2O5. The number of ether oxygens (including phenoxy) is 2. The lowest BCUT2D eigenvalue weighted by Gasteiger charge is -2.09. The molecule has 3 aromatic rings. The van der Waals surface area contributed by atoms with Crippen LogP contribution in [0.25, 0.3) is 10.8 Å². The third kappa shape index (κ3) is 3.77. The van der Waals surface area contributed by atoms with Crippen LogP contribution in [-0.2, 0) is 9.53 Å². The first-order chi connectivity index (χ1) is 13.0. The molecule has 0 aliphatic heterocycles. The van der Waals surface area contributed by atoms with Crippen molar-refractivity contribution >= 4 is 33.8 Å². The minimum absolute atomic E-state index is 0.0791. The van der Waals surface area contributed by atoms with Gasteiger partial charge in [-0.1, -0.05) is 36.4 Å². The van der Waals surface area contributed by atoms with Crippen molar-refractivity contribution in [3.63, 3.8) is 0 Å². The quantitative estimate of drug-likeness (QED) is 0.295. The number of hydrogen-bond acceptors (Lipinski definition) is 6. The molecule has 3 rings (SSSR count). The molecule has 0 bridgehead atoms. The summed E-state index contributed by atoms with van der Waals surface area (Å²) in [4.78, 5) is 27.1. The number of methoxy groups -OCH3 is 2. The highest BCUT2D eigenvalue weighted by molar-refractivity contribution is 6.44. The van der Waals surface area contributed by atoms with Gasteiger partial charge in [-0.2, -0.15) is 0 Å². The number of carbonyl (C=O) groups is 1. The molecule has 0 aliphatic rings. The van der Waals surface area contributed by atoms with Gasteiger partial charge >= 0.3 is 5.97 Å². The highest BCUT2D eigenvalue weighted by Crippen LogP contribution is 2.32. The molecule has 0 saturated carbocycles. The maximum absolute atomic E-state index is 12.3. The minimum atomic E-state index is -0.620. The zero-order valence-corrected chi connectivity index (χ0v) is 14.7. The number of nitro groups is 1. The van der Waals surface area contributed by atoms with Crippen LogP contribution < -0.4 is 4.74 Å². The second-order valence-corrected chi connectivity index (χ2v) is 5.63. The van der Waals surface area contributed by atoms with Crippen LogP contribution in [0.15, 0.2) is 65.7 Å². The Morgan fingerprint density at radius 1 is 1.00 bits per heavy atom. The smallest absolute Gasteiger partial charge is 0.357 e. The van der Waals surface area contributed by atoms with Gasteiger partial charge in [-0.05, 0) is 22.9 Å². The number of aliphatic imine (C=N–C) groups is 1. The molecule has 0 saturated heterocycles. The monoisotopic (exact) mass is 364 g/mol. The highest BCUT2D eigenvalue weighted by Gasteiger charge is 2.18. The summed E-state index contributed by atoms with van der Waals surface area (Å²) in [6.45, 7) is 0. The molecule has 0 atom stereocenters. The van der Waals surface area contributed by atoms with Crippen LogP contribution >= 0.6 is 0 Å². The van der Waals surface area contributed by atoms with Gasteiger partial charge in [0.25, 0.3) is 5.69 Å². The third-order valence-corrected chi connectivity index (χ3v) is 4.01.